The van der Waals surface area contributed by atoms with Crippen molar-refractivity contribution in [1.29, 1.82) is 0 Å². The van der Waals surface area contributed by atoms with Crippen LogP contribution in [-0.4, -0.2) is 24.9 Å². The fourth-order valence-corrected chi connectivity index (χ4v) is 3.04. The van der Waals surface area contributed by atoms with Gasteiger partial charge in [-0.25, -0.2) is 0 Å². The molecule has 0 spiro atoms. The first-order valence-corrected chi connectivity index (χ1v) is 8.60. The van der Waals surface area contributed by atoms with Crippen LogP contribution in [0.4, 0.5) is 5.69 Å². The molecule has 2 aromatic rings. The second kappa shape index (κ2) is 7.92. The molecular weight excluding hydrogens is 308 g/mol. The van der Waals surface area contributed by atoms with Crippen LogP contribution in [0.1, 0.15) is 34.1 Å². The number of aryl methyl sites for hydroxylation is 2. The number of anilines is 1. The van der Waals surface area contributed by atoms with Crippen molar-refractivity contribution < 1.29 is 9.59 Å². The summed E-state index contributed by atoms with van der Waals surface area (Å²) in [4.78, 5) is 26.8. The van der Waals surface area contributed by atoms with Crippen LogP contribution in [0, 0.1) is 13.8 Å². The summed E-state index contributed by atoms with van der Waals surface area (Å²) in [5, 5.41) is 4.66. The van der Waals surface area contributed by atoms with E-state index in [9.17, 15) is 9.59 Å². The molecule has 0 fully saturated rings. The molecule has 122 valence electrons. The molecule has 1 aromatic carbocycles. The number of carbonyl (C=O) groups is 2. The van der Waals surface area contributed by atoms with Gasteiger partial charge in [0.15, 0.2) is 0 Å². The largest absolute Gasteiger partial charge is 0.351 e. The number of rotatable bonds is 6. The lowest BCUT2D eigenvalue weighted by atomic mass is 10.1. The van der Waals surface area contributed by atoms with Gasteiger partial charge in [-0.2, -0.15) is 0 Å². The molecule has 0 unspecified atom stereocenters. The SMILES string of the molecule is CCN(C(=O)CCNC(=O)c1cccs1)c1cc(C)ccc1C. The van der Waals surface area contributed by atoms with Gasteiger partial charge >= 0.3 is 0 Å². The van der Waals surface area contributed by atoms with E-state index in [1.807, 2.05) is 50.4 Å². The summed E-state index contributed by atoms with van der Waals surface area (Å²) < 4.78 is 0. The van der Waals surface area contributed by atoms with E-state index in [-0.39, 0.29) is 11.8 Å². The summed E-state index contributed by atoms with van der Waals surface area (Å²) in [5.41, 5.74) is 3.15. The summed E-state index contributed by atoms with van der Waals surface area (Å²) >= 11 is 1.39. The Morgan fingerprint density at radius 1 is 1.22 bits per heavy atom. The van der Waals surface area contributed by atoms with Gasteiger partial charge in [0.2, 0.25) is 5.91 Å². The maximum absolute atomic E-state index is 12.5. The molecule has 1 heterocycles. The maximum atomic E-state index is 12.5. The molecule has 0 saturated carbocycles. The van der Waals surface area contributed by atoms with Crippen molar-refractivity contribution in [2.24, 2.45) is 0 Å². The van der Waals surface area contributed by atoms with Crippen LogP contribution >= 0.6 is 11.3 Å². The van der Waals surface area contributed by atoms with E-state index in [2.05, 4.69) is 5.32 Å². The van der Waals surface area contributed by atoms with Crippen molar-refractivity contribution in [1.82, 2.24) is 5.32 Å². The van der Waals surface area contributed by atoms with Crippen LogP contribution in [0.3, 0.4) is 0 Å². The number of thiophene rings is 1. The Morgan fingerprint density at radius 2 is 2.00 bits per heavy atom. The maximum Gasteiger partial charge on any atom is 0.261 e. The molecule has 2 rings (SSSR count). The van der Waals surface area contributed by atoms with Crippen molar-refractivity contribution >= 4 is 28.8 Å². The van der Waals surface area contributed by atoms with E-state index in [1.165, 1.54) is 11.3 Å². The Bertz CT molecular complexity index is 680. The van der Waals surface area contributed by atoms with E-state index < -0.39 is 0 Å². The van der Waals surface area contributed by atoms with Crippen LogP contribution in [-0.2, 0) is 4.79 Å². The first kappa shape index (κ1) is 17.2. The second-order valence-electron chi connectivity index (χ2n) is 5.41. The summed E-state index contributed by atoms with van der Waals surface area (Å²) in [5.74, 6) is -0.102. The summed E-state index contributed by atoms with van der Waals surface area (Å²) in [7, 11) is 0. The van der Waals surface area contributed by atoms with Crippen molar-refractivity contribution in [3.63, 3.8) is 0 Å². The van der Waals surface area contributed by atoms with E-state index >= 15 is 0 Å². The average molecular weight is 330 g/mol. The molecule has 0 aliphatic carbocycles. The first-order valence-electron chi connectivity index (χ1n) is 7.72. The fraction of sp³-hybridized carbons (Fsp3) is 0.333. The minimum atomic E-state index is -0.123. The van der Waals surface area contributed by atoms with E-state index in [0.717, 1.165) is 16.8 Å². The second-order valence-corrected chi connectivity index (χ2v) is 6.36. The Balaban J connectivity index is 1.95. The molecule has 0 saturated heterocycles. The third kappa shape index (κ3) is 4.42. The first-order chi connectivity index (χ1) is 11.0. The van der Waals surface area contributed by atoms with Crippen molar-refractivity contribution in [2.45, 2.75) is 27.2 Å². The Kier molecular flexibility index (Phi) is 5.93. The molecule has 0 radical (unpaired) electrons. The van der Waals surface area contributed by atoms with Crippen molar-refractivity contribution in [3.05, 3.63) is 51.7 Å². The zero-order valence-corrected chi connectivity index (χ0v) is 14.6. The summed E-state index contributed by atoms with van der Waals surface area (Å²) in [6.45, 7) is 6.94. The smallest absolute Gasteiger partial charge is 0.261 e. The van der Waals surface area contributed by atoms with E-state index in [1.54, 1.807) is 11.0 Å². The van der Waals surface area contributed by atoms with E-state index in [0.29, 0.717) is 24.4 Å². The lowest BCUT2D eigenvalue weighted by Crippen LogP contribution is -2.34. The summed E-state index contributed by atoms with van der Waals surface area (Å²) in [6.07, 6.45) is 0.290. The monoisotopic (exact) mass is 330 g/mol. The molecule has 23 heavy (non-hydrogen) atoms. The molecule has 0 aliphatic rings. The van der Waals surface area contributed by atoms with Crippen LogP contribution in [0.2, 0.25) is 0 Å². The van der Waals surface area contributed by atoms with Gasteiger partial charge in [0, 0.05) is 25.2 Å². The minimum absolute atomic E-state index is 0.0210. The Labute approximate surface area is 141 Å². The average Bonchev–Trinajstić information content (AvgIpc) is 3.06. The third-order valence-electron chi connectivity index (χ3n) is 3.64. The predicted molar refractivity (Wildman–Crippen MR) is 95.2 cm³/mol. The number of amides is 2. The quantitative estimate of drug-likeness (QED) is 0.881. The lowest BCUT2D eigenvalue weighted by molar-refractivity contribution is -0.118. The highest BCUT2D eigenvalue weighted by Crippen LogP contribution is 2.22. The number of hydrogen-bond acceptors (Lipinski definition) is 3. The molecule has 5 heteroatoms. The molecule has 1 aromatic heterocycles. The normalized spacial score (nSPS) is 10.4. The summed E-state index contributed by atoms with van der Waals surface area (Å²) in [6, 6.07) is 9.71. The molecule has 0 aliphatic heterocycles. The van der Waals surface area contributed by atoms with Crippen LogP contribution < -0.4 is 10.2 Å². The van der Waals surface area contributed by atoms with Gasteiger partial charge in [-0.1, -0.05) is 18.2 Å². The fourth-order valence-electron chi connectivity index (χ4n) is 2.40. The van der Waals surface area contributed by atoms with Gasteiger partial charge in [0.05, 0.1) is 4.88 Å². The number of nitrogens with one attached hydrogen (secondary N) is 1. The number of hydrogen-bond donors (Lipinski definition) is 1. The Hall–Kier alpha value is -2.14. The molecule has 2 amide bonds. The third-order valence-corrected chi connectivity index (χ3v) is 4.51. The number of carbonyl (C=O) groups excluding carboxylic acids is 2. The standard InChI is InChI=1S/C18H22N2O2S/c1-4-20(15-12-13(2)7-8-14(15)3)17(21)9-10-19-18(22)16-6-5-11-23-16/h5-8,11-12H,4,9-10H2,1-3H3,(H,19,22). The van der Waals surface area contributed by atoms with Crippen molar-refractivity contribution in [3.8, 4) is 0 Å². The molecule has 0 bridgehead atoms. The molecule has 1 N–H and O–H groups in total. The van der Waals surface area contributed by atoms with Crippen molar-refractivity contribution in [2.75, 3.05) is 18.0 Å². The highest BCUT2D eigenvalue weighted by atomic mass is 32.1. The topological polar surface area (TPSA) is 49.4 Å². The number of nitrogens with zero attached hydrogens (tertiary/aromatic N) is 1. The van der Waals surface area contributed by atoms with Gasteiger partial charge < -0.3 is 10.2 Å². The highest BCUT2D eigenvalue weighted by molar-refractivity contribution is 7.12. The zero-order chi connectivity index (χ0) is 16.8. The van der Waals surface area contributed by atoms with Gasteiger partial charge in [0.1, 0.15) is 0 Å². The van der Waals surface area contributed by atoms with Crippen LogP contribution in [0.25, 0.3) is 0 Å². The predicted octanol–water partition coefficient (Wildman–Crippen LogP) is 3.54. The molecular formula is C18H22N2O2S. The van der Waals surface area contributed by atoms with Gasteiger partial charge in [-0.15, -0.1) is 11.3 Å². The minimum Gasteiger partial charge on any atom is -0.351 e. The van der Waals surface area contributed by atoms with Gasteiger partial charge in [-0.05, 0) is 49.4 Å². The van der Waals surface area contributed by atoms with Gasteiger partial charge in [-0.3, -0.25) is 9.59 Å². The van der Waals surface area contributed by atoms with E-state index in [4.69, 9.17) is 0 Å². The molecule has 0 atom stereocenters. The molecule has 4 nitrogen and oxygen atoms in total. The van der Waals surface area contributed by atoms with Crippen LogP contribution in [0.5, 0.6) is 0 Å². The number of benzene rings is 1. The van der Waals surface area contributed by atoms with Gasteiger partial charge in [0.25, 0.3) is 5.91 Å². The highest BCUT2D eigenvalue weighted by Gasteiger charge is 2.16. The van der Waals surface area contributed by atoms with Crippen LogP contribution in [0.15, 0.2) is 35.7 Å². The zero-order valence-electron chi connectivity index (χ0n) is 13.8. The lowest BCUT2D eigenvalue weighted by Gasteiger charge is -2.23. The Morgan fingerprint density at radius 3 is 2.65 bits per heavy atom.